The van der Waals surface area contributed by atoms with Crippen molar-refractivity contribution >= 4 is 44.8 Å². The predicted molar refractivity (Wildman–Crippen MR) is 124 cm³/mol. The van der Waals surface area contributed by atoms with Gasteiger partial charge in [0.05, 0.1) is 34.3 Å². The van der Waals surface area contributed by atoms with E-state index >= 15 is 0 Å². The Labute approximate surface area is 204 Å². The molecule has 2 atom stereocenters. The number of allylic oxidation sites excluding steroid dienone is 1. The van der Waals surface area contributed by atoms with Crippen LogP contribution in [0, 0.1) is 11.6 Å². The molecule has 0 saturated carbocycles. The summed E-state index contributed by atoms with van der Waals surface area (Å²) >= 11 is 0. The molecule has 192 valence electrons. The van der Waals surface area contributed by atoms with E-state index in [0.29, 0.717) is 5.82 Å². The summed E-state index contributed by atoms with van der Waals surface area (Å²) in [5, 5.41) is 6.61. The molecule has 4 rings (SSSR count). The molecule has 14 heteroatoms. The number of benzene rings is 1. The van der Waals surface area contributed by atoms with E-state index in [1.165, 1.54) is 12.3 Å². The van der Waals surface area contributed by atoms with Crippen LogP contribution in [0.3, 0.4) is 0 Å². The monoisotopic (exact) mass is 524 g/mol. The second-order valence-electron chi connectivity index (χ2n) is 8.05. The number of anilines is 2. The van der Waals surface area contributed by atoms with Crippen molar-refractivity contribution in [3.8, 4) is 0 Å². The molecule has 1 unspecified atom stereocenters. The average molecular weight is 525 g/mol. The molecule has 2 aliphatic rings. The Bertz CT molecular complexity index is 1310. The van der Waals surface area contributed by atoms with Gasteiger partial charge >= 0.3 is 12.1 Å². The Kier molecular flexibility index (Phi) is 7.33. The predicted octanol–water partition coefficient (Wildman–Crippen LogP) is 2.73. The first-order valence-electron chi connectivity index (χ1n) is 10.8. The van der Waals surface area contributed by atoms with Crippen molar-refractivity contribution < 1.29 is 41.4 Å². The summed E-state index contributed by atoms with van der Waals surface area (Å²) < 4.78 is 60.9. The second kappa shape index (κ2) is 10.4. The number of nitrogens with one attached hydrogen (secondary N) is 1. The Morgan fingerprint density at radius 2 is 2.08 bits per heavy atom. The van der Waals surface area contributed by atoms with Crippen molar-refractivity contribution in [2.45, 2.75) is 19.4 Å². The van der Waals surface area contributed by atoms with E-state index in [4.69, 9.17) is 9.26 Å². The number of carbonyl (C=O) groups excluding carboxylic acids is 3. The normalized spacial score (nSPS) is 21.5. The summed E-state index contributed by atoms with van der Waals surface area (Å²) in [5.41, 5.74) is -0.0333. The third kappa shape index (κ3) is 5.87. The maximum Gasteiger partial charge on any atom is 0.414 e. The fraction of sp³-hybridized carbons (Fsp3) is 0.364. The van der Waals surface area contributed by atoms with Gasteiger partial charge in [-0.15, -0.1) is 0 Å². The lowest BCUT2D eigenvalue weighted by Gasteiger charge is -2.20. The lowest BCUT2D eigenvalue weighted by Crippen LogP contribution is -2.27. The highest BCUT2D eigenvalue weighted by Crippen LogP contribution is 2.33. The fourth-order valence-corrected chi connectivity index (χ4v) is 5.51. The number of cyclic esters (lactones) is 1. The number of carbonyl (C=O) groups is 3. The summed E-state index contributed by atoms with van der Waals surface area (Å²) in [7, 11) is -2.98. The van der Waals surface area contributed by atoms with Crippen molar-refractivity contribution in [3.63, 3.8) is 0 Å². The molecule has 2 aromatic rings. The van der Waals surface area contributed by atoms with Gasteiger partial charge in [-0.3, -0.25) is 14.5 Å². The van der Waals surface area contributed by atoms with E-state index in [0.717, 1.165) is 24.0 Å². The Balaban J connectivity index is 1.45. The summed E-state index contributed by atoms with van der Waals surface area (Å²) in [4.78, 5) is 36.0. The third-order valence-corrected chi connectivity index (χ3v) is 7.50. The van der Waals surface area contributed by atoms with Crippen molar-refractivity contribution in [3.05, 3.63) is 47.7 Å². The third-order valence-electron chi connectivity index (χ3n) is 5.43. The van der Waals surface area contributed by atoms with Gasteiger partial charge in [0.25, 0.3) is 5.91 Å². The van der Waals surface area contributed by atoms with E-state index in [9.17, 15) is 27.4 Å². The molecule has 1 aromatic carbocycles. The minimum Gasteiger partial charge on any atom is -0.456 e. The summed E-state index contributed by atoms with van der Waals surface area (Å²) in [6.45, 7) is 0.789. The molecule has 0 radical (unpaired) electrons. The van der Waals surface area contributed by atoms with Crippen molar-refractivity contribution in [1.29, 1.82) is 0 Å². The highest BCUT2D eigenvalue weighted by molar-refractivity contribution is 7.94. The van der Waals surface area contributed by atoms with Gasteiger partial charge in [0.1, 0.15) is 24.0 Å². The van der Waals surface area contributed by atoms with E-state index in [1.807, 2.05) is 0 Å². The van der Waals surface area contributed by atoms with Gasteiger partial charge in [0, 0.05) is 24.3 Å². The molecule has 2 amide bonds. The fourth-order valence-electron chi connectivity index (χ4n) is 3.75. The van der Waals surface area contributed by atoms with Crippen LogP contribution in [0.5, 0.6) is 0 Å². The van der Waals surface area contributed by atoms with Crippen LogP contribution in [0.25, 0.3) is 5.57 Å². The van der Waals surface area contributed by atoms with Crippen LogP contribution in [0.1, 0.15) is 18.9 Å². The van der Waals surface area contributed by atoms with Crippen LogP contribution in [0.2, 0.25) is 0 Å². The number of halogens is 2. The quantitative estimate of drug-likeness (QED) is 0.541. The SMILES string of the molecule is CC(=O)OCC(=O)N=S1(=O)CC=C(c2c(F)cc(N3C[C@H](CNc4ccon4)OC3=O)cc2F)CC1. The van der Waals surface area contributed by atoms with E-state index < -0.39 is 52.0 Å². The van der Waals surface area contributed by atoms with Gasteiger partial charge in [-0.2, -0.15) is 4.36 Å². The second-order valence-corrected chi connectivity index (χ2v) is 10.5. The molecule has 0 spiro atoms. The molecule has 11 nitrogen and oxygen atoms in total. The Morgan fingerprint density at radius 1 is 1.33 bits per heavy atom. The number of nitrogens with zero attached hydrogens (tertiary/aromatic N) is 3. The molecule has 36 heavy (non-hydrogen) atoms. The summed E-state index contributed by atoms with van der Waals surface area (Å²) in [6.07, 6.45) is 1.44. The molecule has 0 aliphatic carbocycles. The van der Waals surface area contributed by atoms with Crippen LogP contribution in [0.4, 0.5) is 25.1 Å². The van der Waals surface area contributed by atoms with Gasteiger partial charge < -0.3 is 19.3 Å². The van der Waals surface area contributed by atoms with E-state index in [-0.39, 0.29) is 47.8 Å². The van der Waals surface area contributed by atoms with Crippen LogP contribution >= 0.6 is 0 Å². The van der Waals surface area contributed by atoms with Crippen molar-refractivity contribution in [2.75, 3.05) is 41.4 Å². The van der Waals surface area contributed by atoms with Crippen molar-refractivity contribution in [1.82, 2.24) is 5.16 Å². The molecule has 1 fully saturated rings. The molecule has 3 heterocycles. The minimum atomic E-state index is -2.98. The Hall–Kier alpha value is -3.81. The maximum absolute atomic E-state index is 15.0. The van der Waals surface area contributed by atoms with E-state index in [2.05, 4.69) is 19.6 Å². The standard InChI is InChI=1S/C22H22F2N4O7S/c1-13(29)33-12-20(30)27-36(32)6-3-14(4-7-36)21-17(23)8-15(9-18(21)24)28-11-16(35-22(28)31)10-25-19-2-5-34-26-19/h2-3,5,8-9,16H,4,6-7,10-12H2,1H3,(H,25,26)/t16-,36?/m0/s1. The van der Waals surface area contributed by atoms with Gasteiger partial charge in [-0.05, 0) is 24.1 Å². The molecule has 2 aliphatic heterocycles. The van der Waals surface area contributed by atoms with Gasteiger partial charge in [0.2, 0.25) is 0 Å². The zero-order valence-corrected chi connectivity index (χ0v) is 19.9. The van der Waals surface area contributed by atoms with E-state index in [1.54, 1.807) is 6.07 Å². The smallest absolute Gasteiger partial charge is 0.414 e. The topological polar surface area (TPSA) is 140 Å². The molecule has 0 bridgehead atoms. The largest absolute Gasteiger partial charge is 0.456 e. The molecule has 1 N–H and O–H groups in total. The lowest BCUT2D eigenvalue weighted by atomic mass is 10.0. The number of esters is 1. The van der Waals surface area contributed by atoms with Crippen LogP contribution in [-0.2, 0) is 28.8 Å². The minimum absolute atomic E-state index is 0.00559. The zero-order valence-electron chi connectivity index (χ0n) is 19.1. The number of ether oxygens (including phenoxy) is 2. The number of hydrogen-bond donors (Lipinski definition) is 1. The Morgan fingerprint density at radius 3 is 2.69 bits per heavy atom. The number of aromatic nitrogens is 1. The zero-order chi connectivity index (χ0) is 25.9. The highest BCUT2D eigenvalue weighted by atomic mass is 32.2. The first kappa shape index (κ1) is 25.3. The van der Waals surface area contributed by atoms with Crippen molar-refractivity contribution in [2.24, 2.45) is 4.36 Å². The molecule has 1 saturated heterocycles. The first-order valence-corrected chi connectivity index (χ1v) is 12.7. The van der Waals surface area contributed by atoms with Crippen LogP contribution < -0.4 is 10.2 Å². The summed E-state index contributed by atoms with van der Waals surface area (Å²) in [5.74, 6) is -3.14. The first-order chi connectivity index (χ1) is 17.1. The van der Waals surface area contributed by atoms with Crippen LogP contribution in [-0.4, -0.2) is 64.6 Å². The number of amides is 2. The highest BCUT2D eigenvalue weighted by Gasteiger charge is 2.34. The van der Waals surface area contributed by atoms with Gasteiger partial charge in [-0.25, -0.2) is 17.8 Å². The van der Waals surface area contributed by atoms with Crippen LogP contribution in [0.15, 0.2) is 39.4 Å². The molecule has 1 aromatic heterocycles. The van der Waals surface area contributed by atoms with Gasteiger partial charge in [-0.1, -0.05) is 11.2 Å². The number of rotatable bonds is 7. The summed E-state index contributed by atoms with van der Waals surface area (Å²) in [6, 6.07) is 3.66. The number of hydrogen-bond acceptors (Lipinski definition) is 9. The van der Waals surface area contributed by atoms with Gasteiger partial charge in [0.15, 0.2) is 12.4 Å². The lowest BCUT2D eigenvalue weighted by molar-refractivity contribution is -0.145. The molecular formula is C22H22F2N4O7S. The average Bonchev–Trinajstić information content (AvgIpc) is 3.46. The molecular weight excluding hydrogens is 502 g/mol. The maximum atomic E-state index is 15.0.